The van der Waals surface area contributed by atoms with Gasteiger partial charge in [-0.3, -0.25) is 10.3 Å². The first-order chi connectivity index (χ1) is 11.7. The second-order valence-corrected chi connectivity index (χ2v) is 6.67. The molecule has 0 bridgehead atoms. The fourth-order valence-corrected chi connectivity index (χ4v) is 3.75. The van der Waals surface area contributed by atoms with E-state index in [0.717, 1.165) is 31.6 Å². The Morgan fingerprint density at radius 3 is 2.12 bits per heavy atom. The number of benzene rings is 2. The maximum atomic E-state index is 13.1. The lowest BCUT2D eigenvalue weighted by atomic mass is 9.89. The van der Waals surface area contributed by atoms with Crippen LogP contribution in [-0.4, -0.2) is 24.5 Å². The van der Waals surface area contributed by atoms with Gasteiger partial charge in [-0.1, -0.05) is 24.3 Å². The van der Waals surface area contributed by atoms with Crippen molar-refractivity contribution in [2.75, 3.05) is 19.6 Å². The number of halogens is 2. The Labute approximate surface area is 140 Å². The summed E-state index contributed by atoms with van der Waals surface area (Å²) in [6, 6.07) is 14.1. The van der Waals surface area contributed by atoms with Crippen molar-refractivity contribution in [1.29, 1.82) is 0 Å². The number of rotatable bonds is 4. The molecule has 2 aromatic rings. The van der Waals surface area contributed by atoms with E-state index >= 15 is 0 Å². The van der Waals surface area contributed by atoms with Crippen LogP contribution in [0.5, 0.6) is 0 Å². The molecular formula is C19H21F2N3. The van der Waals surface area contributed by atoms with Crippen LogP contribution >= 0.6 is 0 Å². The number of nitrogens with zero attached hydrogens (tertiary/aromatic N) is 1. The molecular weight excluding hydrogens is 308 g/mol. The van der Waals surface area contributed by atoms with Gasteiger partial charge in [-0.2, -0.15) is 0 Å². The quantitative estimate of drug-likeness (QED) is 0.902. The highest BCUT2D eigenvalue weighted by atomic mass is 19.1. The van der Waals surface area contributed by atoms with E-state index in [1.54, 1.807) is 0 Å². The molecule has 0 saturated carbocycles. The monoisotopic (exact) mass is 329 g/mol. The molecule has 0 amide bonds. The highest BCUT2D eigenvalue weighted by Gasteiger charge is 2.35. The molecule has 2 saturated heterocycles. The van der Waals surface area contributed by atoms with Gasteiger partial charge in [0.15, 0.2) is 0 Å². The van der Waals surface area contributed by atoms with Crippen molar-refractivity contribution in [2.45, 2.75) is 18.5 Å². The van der Waals surface area contributed by atoms with Crippen molar-refractivity contribution < 1.29 is 8.78 Å². The zero-order valence-electron chi connectivity index (χ0n) is 13.4. The molecule has 0 aliphatic carbocycles. The van der Waals surface area contributed by atoms with Crippen molar-refractivity contribution in [3.63, 3.8) is 0 Å². The minimum Gasteiger partial charge on any atom is -0.296 e. The summed E-state index contributed by atoms with van der Waals surface area (Å²) < 4.78 is 26.2. The second-order valence-electron chi connectivity index (χ2n) is 6.67. The third kappa shape index (κ3) is 3.07. The number of hydrogen-bond donors (Lipinski definition) is 2. The van der Waals surface area contributed by atoms with Crippen LogP contribution in [0.15, 0.2) is 48.5 Å². The molecule has 2 fully saturated rings. The molecule has 2 N–H and O–H groups in total. The smallest absolute Gasteiger partial charge is 0.123 e. The van der Waals surface area contributed by atoms with Crippen molar-refractivity contribution in [3.05, 3.63) is 71.3 Å². The number of likely N-dealkylation sites (tertiary alicyclic amines) is 1. The molecule has 5 heteroatoms. The molecule has 0 spiro atoms. The van der Waals surface area contributed by atoms with Crippen LogP contribution in [0, 0.1) is 17.6 Å². The maximum absolute atomic E-state index is 13.1. The predicted molar refractivity (Wildman–Crippen MR) is 89.1 cm³/mol. The highest BCUT2D eigenvalue weighted by molar-refractivity contribution is 5.24. The third-order valence-corrected chi connectivity index (χ3v) is 5.18. The molecule has 2 aliphatic heterocycles. The summed E-state index contributed by atoms with van der Waals surface area (Å²) in [5.74, 6) is 0.0178. The van der Waals surface area contributed by atoms with E-state index in [1.165, 1.54) is 29.8 Å². The first-order valence-electron chi connectivity index (χ1n) is 8.44. The molecule has 126 valence electrons. The average Bonchev–Trinajstić information content (AvgIpc) is 3.03. The fourth-order valence-electron chi connectivity index (χ4n) is 3.75. The second kappa shape index (κ2) is 6.59. The Kier molecular flexibility index (Phi) is 4.31. The SMILES string of the molecule is Fc1ccc(C2NNCC2CN2CCC2c2ccc(F)cc2)cc1. The van der Waals surface area contributed by atoms with Crippen molar-refractivity contribution in [1.82, 2.24) is 15.8 Å². The number of nitrogens with one attached hydrogen (secondary N) is 2. The van der Waals surface area contributed by atoms with Crippen LogP contribution in [0.1, 0.15) is 29.6 Å². The van der Waals surface area contributed by atoms with Crippen LogP contribution in [0.3, 0.4) is 0 Å². The van der Waals surface area contributed by atoms with E-state index in [9.17, 15) is 8.78 Å². The lowest BCUT2D eigenvalue weighted by Crippen LogP contribution is -2.44. The van der Waals surface area contributed by atoms with Gasteiger partial charge >= 0.3 is 0 Å². The van der Waals surface area contributed by atoms with Gasteiger partial charge in [0.1, 0.15) is 11.6 Å². The largest absolute Gasteiger partial charge is 0.296 e. The molecule has 3 atom stereocenters. The van der Waals surface area contributed by atoms with Gasteiger partial charge in [0.2, 0.25) is 0 Å². The summed E-state index contributed by atoms with van der Waals surface area (Å²) in [5.41, 5.74) is 8.82. The summed E-state index contributed by atoms with van der Waals surface area (Å²) in [6.07, 6.45) is 1.11. The summed E-state index contributed by atoms with van der Waals surface area (Å²) in [7, 11) is 0. The molecule has 0 aromatic heterocycles. The van der Waals surface area contributed by atoms with Gasteiger partial charge in [0.25, 0.3) is 0 Å². The Hall–Kier alpha value is -1.82. The van der Waals surface area contributed by atoms with Gasteiger partial charge in [0, 0.05) is 31.6 Å². The van der Waals surface area contributed by atoms with Crippen LogP contribution in [0.25, 0.3) is 0 Å². The van der Waals surface area contributed by atoms with Crippen LogP contribution in [-0.2, 0) is 0 Å². The van der Waals surface area contributed by atoms with E-state index in [0.29, 0.717) is 12.0 Å². The first-order valence-corrected chi connectivity index (χ1v) is 8.44. The molecule has 2 heterocycles. The van der Waals surface area contributed by atoms with Crippen molar-refractivity contribution in [2.24, 2.45) is 5.92 Å². The zero-order valence-corrected chi connectivity index (χ0v) is 13.4. The Bertz CT molecular complexity index is 687. The van der Waals surface area contributed by atoms with Crippen LogP contribution in [0.2, 0.25) is 0 Å². The number of hydrazine groups is 1. The highest BCUT2D eigenvalue weighted by Crippen LogP contribution is 2.36. The molecule has 2 aromatic carbocycles. The van der Waals surface area contributed by atoms with Gasteiger partial charge in [-0.15, -0.1) is 0 Å². The Morgan fingerprint density at radius 1 is 0.917 bits per heavy atom. The van der Waals surface area contributed by atoms with Crippen LogP contribution in [0.4, 0.5) is 8.78 Å². The van der Waals surface area contributed by atoms with Crippen LogP contribution < -0.4 is 10.9 Å². The third-order valence-electron chi connectivity index (χ3n) is 5.18. The van der Waals surface area contributed by atoms with E-state index in [4.69, 9.17) is 0 Å². The minimum absolute atomic E-state index is 0.181. The molecule has 2 aliphatic rings. The summed E-state index contributed by atoms with van der Waals surface area (Å²) >= 11 is 0. The molecule has 24 heavy (non-hydrogen) atoms. The van der Waals surface area contributed by atoms with Gasteiger partial charge in [-0.05, 0) is 41.8 Å². The zero-order chi connectivity index (χ0) is 16.5. The fraction of sp³-hybridized carbons (Fsp3) is 0.368. The van der Waals surface area contributed by atoms with E-state index in [-0.39, 0.29) is 17.7 Å². The minimum atomic E-state index is -0.208. The van der Waals surface area contributed by atoms with E-state index < -0.39 is 0 Å². The summed E-state index contributed by atoms with van der Waals surface area (Å²) in [6.45, 7) is 2.91. The molecule has 0 radical (unpaired) electrons. The summed E-state index contributed by atoms with van der Waals surface area (Å²) in [5, 5.41) is 0. The molecule has 4 rings (SSSR count). The topological polar surface area (TPSA) is 27.3 Å². The van der Waals surface area contributed by atoms with Gasteiger partial charge in [-0.25, -0.2) is 14.2 Å². The first kappa shape index (κ1) is 15.7. The van der Waals surface area contributed by atoms with Crippen molar-refractivity contribution >= 4 is 0 Å². The maximum Gasteiger partial charge on any atom is 0.123 e. The standard InChI is InChI=1S/C19H21F2N3/c20-16-5-1-13(2-6-16)18-9-10-24(18)12-15-11-22-23-19(15)14-3-7-17(21)8-4-14/h1-8,15,18-19,22-23H,9-12H2. The average molecular weight is 329 g/mol. The number of hydrogen-bond acceptors (Lipinski definition) is 3. The van der Waals surface area contributed by atoms with Crippen molar-refractivity contribution in [3.8, 4) is 0 Å². The van der Waals surface area contributed by atoms with Gasteiger partial charge in [0.05, 0.1) is 6.04 Å². The van der Waals surface area contributed by atoms with E-state index in [1.807, 2.05) is 24.3 Å². The lowest BCUT2D eigenvalue weighted by Gasteiger charge is -2.43. The Balaban J connectivity index is 1.44. The normalized spacial score (nSPS) is 27.2. The predicted octanol–water partition coefficient (Wildman–Crippen LogP) is 3.18. The Morgan fingerprint density at radius 2 is 1.54 bits per heavy atom. The summed E-state index contributed by atoms with van der Waals surface area (Å²) in [4.78, 5) is 2.45. The lowest BCUT2D eigenvalue weighted by molar-refractivity contribution is 0.0700. The molecule has 3 unspecified atom stereocenters. The molecule has 3 nitrogen and oxygen atoms in total. The van der Waals surface area contributed by atoms with Gasteiger partial charge < -0.3 is 0 Å². The van der Waals surface area contributed by atoms with E-state index in [2.05, 4.69) is 15.8 Å².